The summed E-state index contributed by atoms with van der Waals surface area (Å²) in [6.07, 6.45) is 1.64. The molecule has 2 aromatic heterocycles. The predicted octanol–water partition coefficient (Wildman–Crippen LogP) is 1.94. The normalized spacial score (nSPS) is 10.5. The number of nitrogens with zero attached hydrogens (tertiary/aromatic N) is 1. The number of carbonyl (C=O) groups is 1. The second kappa shape index (κ2) is 5.69. The highest BCUT2D eigenvalue weighted by molar-refractivity contribution is 5.97. The Labute approximate surface area is 125 Å². The van der Waals surface area contributed by atoms with Crippen molar-refractivity contribution in [1.29, 1.82) is 5.41 Å². The van der Waals surface area contributed by atoms with Crippen molar-refractivity contribution < 1.29 is 14.3 Å². The molecule has 1 aromatic carbocycles. The Bertz CT molecular complexity index is 888. The second-order valence-corrected chi connectivity index (χ2v) is 4.69. The van der Waals surface area contributed by atoms with E-state index in [1.807, 2.05) is 6.07 Å². The number of hydrogen-bond acceptors (Lipinski definition) is 5. The zero-order chi connectivity index (χ0) is 15.5. The highest BCUT2D eigenvalue weighted by atomic mass is 16.4. The average molecular weight is 295 g/mol. The molecule has 0 aliphatic rings. The van der Waals surface area contributed by atoms with Gasteiger partial charge in [-0.05, 0) is 24.3 Å². The SMILES string of the molecule is N=c1oc2c(O)cccc2cc1C(=O)NCc1ccccn1. The summed E-state index contributed by atoms with van der Waals surface area (Å²) in [4.78, 5) is 16.3. The molecule has 3 aromatic rings. The van der Waals surface area contributed by atoms with Crippen molar-refractivity contribution in [3.05, 3.63) is 65.5 Å². The van der Waals surface area contributed by atoms with Crippen LogP contribution in [-0.4, -0.2) is 16.0 Å². The lowest BCUT2D eigenvalue weighted by Gasteiger charge is -2.06. The molecule has 2 heterocycles. The maximum Gasteiger partial charge on any atom is 0.257 e. The van der Waals surface area contributed by atoms with Crippen molar-refractivity contribution in [2.75, 3.05) is 0 Å². The molecule has 0 unspecified atom stereocenters. The van der Waals surface area contributed by atoms with Gasteiger partial charge in [-0.15, -0.1) is 0 Å². The molecule has 0 spiro atoms. The fraction of sp³-hybridized carbons (Fsp3) is 0.0625. The number of fused-ring (bicyclic) bond motifs is 1. The molecule has 6 nitrogen and oxygen atoms in total. The van der Waals surface area contributed by atoms with Crippen LogP contribution in [0.25, 0.3) is 11.0 Å². The van der Waals surface area contributed by atoms with E-state index in [1.54, 1.807) is 30.5 Å². The summed E-state index contributed by atoms with van der Waals surface area (Å²) in [5.41, 5.74) is 0.716. The highest BCUT2D eigenvalue weighted by Gasteiger charge is 2.13. The van der Waals surface area contributed by atoms with Gasteiger partial charge in [0.25, 0.3) is 5.91 Å². The van der Waals surface area contributed by atoms with Gasteiger partial charge < -0.3 is 14.8 Å². The number of pyridine rings is 1. The molecule has 110 valence electrons. The quantitative estimate of drug-likeness (QED) is 0.687. The third kappa shape index (κ3) is 2.67. The number of aromatic nitrogens is 1. The first-order valence-corrected chi connectivity index (χ1v) is 6.63. The number of phenols is 1. The van der Waals surface area contributed by atoms with Crippen molar-refractivity contribution >= 4 is 16.9 Å². The van der Waals surface area contributed by atoms with E-state index in [2.05, 4.69) is 10.3 Å². The van der Waals surface area contributed by atoms with Crippen LogP contribution in [0.4, 0.5) is 0 Å². The average Bonchev–Trinajstić information content (AvgIpc) is 2.54. The van der Waals surface area contributed by atoms with E-state index in [-0.39, 0.29) is 29.0 Å². The van der Waals surface area contributed by atoms with Gasteiger partial charge in [0.2, 0.25) is 5.55 Å². The zero-order valence-corrected chi connectivity index (χ0v) is 11.5. The predicted molar refractivity (Wildman–Crippen MR) is 79.1 cm³/mol. The third-order valence-corrected chi connectivity index (χ3v) is 3.17. The van der Waals surface area contributed by atoms with Crippen LogP contribution in [0.15, 0.2) is 53.1 Å². The van der Waals surface area contributed by atoms with Gasteiger partial charge in [0, 0.05) is 11.6 Å². The first-order valence-electron chi connectivity index (χ1n) is 6.63. The minimum absolute atomic E-state index is 0.0635. The van der Waals surface area contributed by atoms with Crippen molar-refractivity contribution in [3.8, 4) is 5.75 Å². The van der Waals surface area contributed by atoms with E-state index in [1.165, 1.54) is 12.1 Å². The molecule has 0 saturated carbocycles. The molecule has 0 fully saturated rings. The molecule has 0 atom stereocenters. The first-order chi connectivity index (χ1) is 10.6. The summed E-state index contributed by atoms with van der Waals surface area (Å²) in [6.45, 7) is 0.261. The topological polar surface area (TPSA) is 99.2 Å². The number of aromatic hydroxyl groups is 1. The fourth-order valence-corrected chi connectivity index (χ4v) is 2.08. The van der Waals surface area contributed by atoms with Crippen LogP contribution in [0.3, 0.4) is 0 Å². The number of phenolic OH excluding ortho intramolecular Hbond substituents is 1. The lowest BCUT2D eigenvalue weighted by Crippen LogP contribution is -2.28. The maximum absolute atomic E-state index is 12.2. The van der Waals surface area contributed by atoms with E-state index in [0.717, 1.165) is 5.69 Å². The molecule has 3 rings (SSSR count). The molecule has 0 saturated heterocycles. The van der Waals surface area contributed by atoms with Gasteiger partial charge in [0.1, 0.15) is 5.56 Å². The van der Waals surface area contributed by atoms with E-state index in [9.17, 15) is 9.90 Å². The van der Waals surface area contributed by atoms with Crippen molar-refractivity contribution in [2.45, 2.75) is 6.54 Å². The molecule has 0 aliphatic carbocycles. The number of hydrogen-bond donors (Lipinski definition) is 3. The number of nitrogens with one attached hydrogen (secondary N) is 2. The Morgan fingerprint density at radius 2 is 2.14 bits per heavy atom. The van der Waals surface area contributed by atoms with E-state index in [0.29, 0.717) is 5.39 Å². The summed E-state index contributed by atoms with van der Waals surface area (Å²) in [5, 5.41) is 20.7. The molecule has 22 heavy (non-hydrogen) atoms. The zero-order valence-electron chi connectivity index (χ0n) is 11.5. The monoisotopic (exact) mass is 295 g/mol. The molecule has 3 N–H and O–H groups in total. The van der Waals surface area contributed by atoms with Crippen LogP contribution in [0.1, 0.15) is 16.1 Å². The van der Waals surface area contributed by atoms with Gasteiger partial charge >= 0.3 is 0 Å². The fourth-order valence-electron chi connectivity index (χ4n) is 2.08. The largest absolute Gasteiger partial charge is 0.504 e. The summed E-state index contributed by atoms with van der Waals surface area (Å²) in [7, 11) is 0. The Balaban J connectivity index is 1.88. The molecule has 1 amide bonds. The van der Waals surface area contributed by atoms with Gasteiger partial charge in [-0.3, -0.25) is 15.2 Å². The second-order valence-electron chi connectivity index (χ2n) is 4.69. The minimum Gasteiger partial charge on any atom is -0.504 e. The van der Waals surface area contributed by atoms with Gasteiger partial charge in [-0.2, -0.15) is 0 Å². The molecule has 0 bridgehead atoms. The van der Waals surface area contributed by atoms with Gasteiger partial charge in [0.05, 0.1) is 12.2 Å². The molecule has 0 radical (unpaired) electrons. The van der Waals surface area contributed by atoms with Crippen LogP contribution in [0.5, 0.6) is 5.75 Å². The van der Waals surface area contributed by atoms with Crippen LogP contribution in [0, 0.1) is 5.41 Å². The van der Waals surface area contributed by atoms with Gasteiger partial charge in [0.15, 0.2) is 11.3 Å². The molecule has 0 aliphatic heterocycles. The smallest absolute Gasteiger partial charge is 0.257 e. The summed E-state index contributed by atoms with van der Waals surface area (Å²) >= 11 is 0. The van der Waals surface area contributed by atoms with Crippen molar-refractivity contribution in [3.63, 3.8) is 0 Å². The van der Waals surface area contributed by atoms with E-state index >= 15 is 0 Å². The van der Waals surface area contributed by atoms with Crippen LogP contribution in [-0.2, 0) is 6.54 Å². The Hall–Kier alpha value is -3.15. The number of carbonyl (C=O) groups excluding carboxylic acids is 1. The highest BCUT2D eigenvalue weighted by Crippen LogP contribution is 2.23. The molecule has 6 heteroatoms. The summed E-state index contributed by atoms with van der Waals surface area (Å²) < 4.78 is 5.24. The van der Waals surface area contributed by atoms with Gasteiger partial charge in [-0.25, -0.2) is 0 Å². The van der Waals surface area contributed by atoms with Crippen molar-refractivity contribution in [1.82, 2.24) is 10.3 Å². The summed E-state index contributed by atoms with van der Waals surface area (Å²) in [6, 6.07) is 11.8. The Morgan fingerprint density at radius 3 is 2.91 bits per heavy atom. The first kappa shape index (κ1) is 13.8. The lowest BCUT2D eigenvalue weighted by atomic mass is 10.1. The third-order valence-electron chi connectivity index (χ3n) is 3.17. The van der Waals surface area contributed by atoms with Gasteiger partial charge in [-0.1, -0.05) is 18.2 Å². The Kier molecular flexibility index (Phi) is 3.57. The van der Waals surface area contributed by atoms with Crippen LogP contribution in [0.2, 0.25) is 0 Å². The lowest BCUT2D eigenvalue weighted by molar-refractivity contribution is 0.0946. The van der Waals surface area contributed by atoms with Crippen LogP contribution < -0.4 is 10.9 Å². The number of para-hydroxylation sites is 1. The van der Waals surface area contributed by atoms with Crippen molar-refractivity contribution in [2.24, 2.45) is 0 Å². The molecular weight excluding hydrogens is 282 g/mol. The van der Waals surface area contributed by atoms with E-state index in [4.69, 9.17) is 9.83 Å². The number of amides is 1. The number of rotatable bonds is 3. The Morgan fingerprint density at radius 1 is 1.27 bits per heavy atom. The number of benzene rings is 1. The standard InChI is InChI=1S/C16H13N3O3/c17-15-12(8-10-4-3-6-13(20)14(10)22-15)16(21)19-9-11-5-1-2-7-18-11/h1-8,17,20H,9H2,(H,19,21). The van der Waals surface area contributed by atoms with E-state index < -0.39 is 5.91 Å². The van der Waals surface area contributed by atoms with Crippen LogP contribution >= 0.6 is 0 Å². The maximum atomic E-state index is 12.2. The summed E-state index contributed by atoms with van der Waals surface area (Å²) in [5.74, 6) is -0.490. The molecular formula is C16H13N3O3. The minimum atomic E-state index is -0.426.